The highest BCUT2D eigenvalue weighted by Gasteiger charge is 2.17. The number of aromatic nitrogens is 2. The van der Waals surface area contributed by atoms with Crippen LogP contribution in [0.5, 0.6) is 0 Å². The van der Waals surface area contributed by atoms with Crippen molar-refractivity contribution in [3.63, 3.8) is 0 Å². The number of hydrogen-bond acceptors (Lipinski definition) is 4. The van der Waals surface area contributed by atoms with E-state index < -0.39 is 0 Å². The molecular formula is C14H15ClN4O. The number of halogens is 1. The third-order valence-corrected chi connectivity index (χ3v) is 3.59. The molecule has 104 valence electrons. The van der Waals surface area contributed by atoms with Gasteiger partial charge in [0, 0.05) is 24.0 Å². The second kappa shape index (κ2) is 5.63. The topological polar surface area (TPSA) is 66.9 Å². The Morgan fingerprint density at radius 3 is 3.15 bits per heavy atom. The van der Waals surface area contributed by atoms with Crippen LogP contribution < -0.4 is 10.6 Å². The first kappa shape index (κ1) is 13.1. The van der Waals surface area contributed by atoms with Crippen LogP contribution in [0.1, 0.15) is 19.3 Å². The van der Waals surface area contributed by atoms with Gasteiger partial charge < -0.3 is 10.6 Å². The number of anilines is 1. The number of piperidine rings is 1. The van der Waals surface area contributed by atoms with Crippen molar-refractivity contribution in [3.8, 4) is 0 Å². The maximum atomic E-state index is 11.3. The molecule has 1 saturated heterocycles. The molecule has 0 bridgehead atoms. The molecule has 0 saturated carbocycles. The molecule has 0 spiro atoms. The van der Waals surface area contributed by atoms with Crippen LogP contribution in [0.4, 0.5) is 5.82 Å². The third-order valence-electron chi connectivity index (χ3n) is 3.36. The van der Waals surface area contributed by atoms with Gasteiger partial charge in [-0.1, -0.05) is 11.6 Å². The Morgan fingerprint density at radius 1 is 1.40 bits per heavy atom. The van der Waals surface area contributed by atoms with Gasteiger partial charge in [-0.2, -0.15) is 0 Å². The normalized spacial score (nSPS) is 18.9. The predicted octanol–water partition coefficient (Wildman–Crippen LogP) is 2.36. The Bertz CT molecular complexity index is 646. The molecule has 1 aromatic carbocycles. The number of fused-ring (bicyclic) bond motifs is 1. The smallest absolute Gasteiger partial charge is 0.220 e. The summed E-state index contributed by atoms with van der Waals surface area (Å²) in [6.45, 7) is 0.666. The average molecular weight is 291 g/mol. The lowest BCUT2D eigenvalue weighted by Crippen LogP contribution is -2.42. The molecule has 2 heterocycles. The number of benzene rings is 1. The van der Waals surface area contributed by atoms with Crippen molar-refractivity contribution in [2.75, 3.05) is 11.9 Å². The lowest BCUT2D eigenvalue weighted by molar-refractivity contribution is -0.123. The number of carbonyl (C=O) groups is 1. The number of nitrogens with zero attached hydrogens (tertiary/aromatic N) is 2. The Labute approximate surface area is 121 Å². The highest BCUT2D eigenvalue weighted by molar-refractivity contribution is 6.31. The van der Waals surface area contributed by atoms with Crippen molar-refractivity contribution >= 4 is 34.4 Å². The fraction of sp³-hybridized carbons (Fsp3) is 0.357. The fourth-order valence-electron chi connectivity index (χ4n) is 2.33. The van der Waals surface area contributed by atoms with Crippen molar-refractivity contribution in [1.82, 2.24) is 15.3 Å². The molecule has 2 aromatic rings. The summed E-state index contributed by atoms with van der Waals surface area (Å²) in [4.78, 5) is 20.1. The Balaban J connectivity index is 1.68. The summed E-state index contributed by atoms with van der Waals surface area (Å²) >= 11 is 5.91. The number of amides is 1. The second-order valence-electron chi connectivity index (χ2n) is 4.93. The third kappa shape index (κ3) is 2.99. The summed E-state index contributed by atoms with van der Waals surface area (Å²) in [6, 6.07) is 5.59. The molecule has 0 radical (unpaired) electrons. The maximum absolute atomic E-state index is 11.3. The molecular weight excluding hydrogens is 276 g/mol. The van der Waals surface area contributed by atoms with Crippen LogP contribution >= 0.6 is 11.6 Å². The molecule has 0 aliphatic carbocycles. The number of carbonyl (C=O) groups excluding carboxylic acids is 1. The molecule has 1 aliphatic rings. The van der Waals surface area contributed by atoms with E-state index in [1.165, 1.54) is 0 Å². The van der Waals surface area contributed by atoms with E-state index in [0.717, 1.165) is 23.9 Å². The highest BCUT2D eigenvalue weighted by Crippen LogP contribution is 2.17. The fourth-order valence-corrected chi connectivity index (χ4v) is 2.50. The first-order valence-corrected chi connectivity index (χ1v) is 7.04. The molecule has 1 aromatic heterocycles. The van der Waals surface area contributed by atoms with Crippen molar-refractivity contribution in [1.29, 1.82) is 0 Å². The van der Waals surface area contributed by atoms with E-state index in [-0.39, 0.29) is 11.9 Å². The molecule has 0 unspecified atom stereocenters. The zero-order valence-electron chi connectivity index (χ0n) is 10.9. The van der Waals surface area contributed by atoms with Gasteiger partial charge in [-0.15, -0.1) is 0 Å². The van der Waals surface area contributed by atoms with E-state index in [2.05, 4.69) is 20.6 Å². The monoisotopic (exact) mass is 290 g/mol. The van der Waals surface area contributed by atoms with E-state index >= 15 is 0 Å². The van der Waals surface area contributed by atoms with Crippen LogP contribution in [0, 0.1) is 0 Å². The predicted molar refractivity (Wildman–Crippen MR) is 78.8 cm³/mol. The number of rotatable bonds is 3. The number of hydrogen-bond donors (Lipinski definition) is 2. The molecule has 20 heavy (non-hydrogen) atoms. The Kier molecular flexibility index (Phi) is 3.69. The first-order valence-electron chi connectivity index (χ1n) is 6.66. The molecule has 6 heteroatoms. The second-order valence-corrected chi connectivity index (χ2v) is 5.36. The summed E-state index contributed by atoms with van der Waals surface area (Å²) in [5.74, 6) is 0.835. The molecule has 2 N–H and O–H groups in total. The largest absolute Gasteiger partial charge is 0.367 e. The average Bonchev–Trinajstić information content (AvgIpc) is 2.45. The van der Waals surface area contributed by atoms with E-state index in [1.807, 2.05) is 6.07 Å². The van der Waals surface area contributed by atoms with Crippen LogP contribution in [0.25, 0.3) is 11.0 Å². The van der Waals surface area contributed by atoms with Crippen LogP contribution in [0.2, 0.25) is 5.02 Å². The van der Waals surface area contributed by atoms with Crippen LogP contribution in [-0.4, -0.2) is 28.5 Å². The Hall–Kier alpha value is -1.88. The lowest BCUT2D eigenvalue weighted by atomic mass is 10.0. The van der Waals surface area contributed by atoms with Gasteiger partial charge in [-0.05, 0) is 31.0 Å². The van der Waals surface area contributed by atoms with Gasteiger partial charge in [0.1, 0.15) is 5.82 Å². The van der Waals surface area contributed by atoms with Gasteiger partial charge in [0.25, 0.3) is 0 Å². The summed E-state index contributed by atoms with van der Waals surface area (Å²) in [6.07, 6.45) is 4.26. The summed E-state index contributed by atoms with van der Waals surface area (Å²) in [7, 11) is 0. The molecule has 3 rings (SSSR count). The van der Waals surface area contributed by atoms with Crippen molar-refractivity contribution in [3.05, 3.63) is 29.4 Å². The molecule has 1 fully saturated rings. The number of nitrogens with one attached hydrogen (secondary N) is 2. The minimum absolute atomic E-state index is 0.127. The SMILES string of the molecule is O=C1CCC[C@H](CNc2cnc3cc(Cl)ccc3n2)N1. The quantitative estimate of drug-likeness (QED) is 0.911. The van der Waals surface area contributed by atoms with Gasteiger partial charge in [-0.3, -0.25) is 9.78 Å². The molecule has 1 aliphatic heterocycles. The molecule has 5 nitrogen and oxygen atoms in total. The van der Waals surface area contributed by atoms with Crippen molar-refractivity contribution < 1.29 is 4.79 Å². The summed E-state index contributed by atoms with van der Waals surface area (Å²) in [5.41, 5.74) is 1.57. The zero-order valence-corrected chi connectivity index (χ0v) is 11.7. The first-order chi connectivity index (χ1) is 9.70. The molecule has 1 atom stereocenters. The lowest BCUT2D eigenvalue weighted by Gasteiger charge is -2.23. The van der Waals surface area contributed by atoms with Gasteiger partial charge in [0.05, 0.1) is 17.2 Å². The van der Waals surface area contributed by atoms with E-state index in [1.54, 1.807) is 18.3 Å². The van der Waals surface area contributed by atoms with Gasteiger partial charge in [-0.25, -0.2) is 4.98 Å². The van der Waals surface area contributed by atoms with Gasteiger partial charge in [0.2, 0.25) is 5.91 Å². The van der Waals surface area contributed by atoms with Crippen LogP contribution in [0.3, 0.4) is 0 Å². The van der Waals surface area contributed by atoms with Crippen LogP contribution in [-0.2, 0) is 4.79 Å². The van der Waals surface area contributed by atoms with Gasteiger partial charge >= 0.3 is 0 Å². The Morgan fingerprint density at radius 2 is 2.30 bits per heavy atom. The van der Waals surface area contributed by atoms with Crippen molar-refractivity contribution in [2.45, 2.75) is 25.3 Å². The zero-order chi connectivity index (χ0) is 13.9. The highest BCUT2D eigenvalue weighted by atomic mass is 35.5. The minimum atomic E-state index is 0.127. The van der Waals surface area contributed by atoms with Crippen LogP contribution in [0.15, 0.2) is 24.4 Å². The van der Waals surface area contributed by atoms with Gasteiger partial charge in [0.15, 0.2) is 0 Å². The standard InChI is InChI=1S/C14H15ClN4O/c15-9-4-5-11-12(6-9)16-8-13(19-11)17-7-10-2-1-3-14(20)18-10/h4-6,8,10H,1-3,7H2,(H,17,19)(H,18,20)/t10-/m1/s1. The van der Waals surface area contributed by atoms with E-state index in [4.69, 9.17) is 11.6 Å². The van der Waals surface area contributed by atoms with E-state index in [9.17, 15) is 4.79 Å². The maximum Gasteiger partial charge on any atom is 0.220 e. The van der Waals surface area contributed by atoms with E-state index in [0.29, 0.717) is 23.8 Å². The minimum Gasteiger partial charge on any atom is -0.367 e. The summed E-state index contributed by atoms with van der Waals surface area (Å²) < 4.78 is 0. The molecule has 1 amide bonds. The summed E-state index contributed by atoms with van der Waals surface area (Å²) in [5, 5.41) is 6.83. The van der Waals surface area contributed by atoms with Crippen molar-refractivity contribution in [2.24, 2.45) is 0 Å².